The van der Waals surface area contributed by atoms with Gasteiger partial charge < -0.3 is 0 Å². The first kappa shape index (κ1) is 16.1. The van der Waals surface area contributed by atoms with Gasteiger partial charge in [-0.15, -0.1) is 0 Å². The third-order valence-electron chi connectivity index (χ3n) is 3.76. The Morgan fingerprint density at radius 1 is 1.04 bits per heavy atom. The van der Waals surface area contributed by atoms with Crippen molar-refractivity contribution in [1.82, 2.24) is 19.5 Å². The molecular formula is C17H11BrIN4P. The summed E-state index contributed by atoms with van der Waals surface area (Å²) in [6.45, 7) is 0. The van der Waals surface area contributed by atoms with Crippen LogP contribution in [0.4, 0.5) is 0 Å². The highest BCUT2D eigenvalue weighted by Crippen LogP contribution is 2.39. The van der Waals surface area contributed by atoms with Crippen LogP contribution in [0.5, 0.6) is 0 Å². The molecule has 2 heterocycles. The zero-order valence-electron chi connectivity index (χ0n) is 12.3. The van der Waals surface area contributed by atoms with Gasteiger partial charge in [-0.1, -0.05) is 46.3 Å². The Bertz CT molecular complexity index is 1020. The molecule has 0 bridgehead atoms. The maximum Gasteiger partial charge on any atom is 0.116 e. The summed E-state index contributed by atoms with van der Waals surface area (Å²) < 4.78 is 3.01. The van der Waals surface area contributed by atoms with Crippen molar-refractivity contribution in [2.24, 2.45) is 0 Å². The van der Waals surface area contributed by atoms with Gasteiger partial charge in [0.05, 0.1) is 23.8 Å². The number of nitrogens with zero attached hydrogens (tertiary/aromatic N) is 4. The summed E-state index contributed by atoms with van der Waals surface area (Å²) in [7, 11) is 0. The van der Waals surface area contributed by atoms with E-state index in [1.54, 1.807) is 6.33 Å². The van der Waals surface area contributed by atoms with E-state index in [4.69, 9.17) is 0 Å². The van der Waals surface area contributed by atoms with Crippen molar-refractivity contribution >= 4 is 55.2 Å². The van der Waals surface area contributed by atoms with Gasteiger partial charge >= 0.3 is 0 Å². The molecule has 0 aliphatic heterocycles. The molecule has 2 aromatic heterocycles. The average molecular weight is 509 g/mol. The Labute approximate surface area is 162 Å². The van der Waals surface area contributed by atoms with Crippen molar-refractivity contribution in [2.45, 2.75) is 0 Å². The second kappa shape index (κ2) is 6.86. The molecule has 1 unspecified atom stereocenters. The van der Waals surface area contributed by atoms with Crippen LogP contribution in [-0.4, -0.2) is 19.5 Å². The van der Waals surface area contributed by atoms with Crippen molar-refractivity contribution in [3.63, 3.8) is 0 Å². The van der Waals surface area contributed by atoms with Crippen LogP contribution in [0.15, 0.2) is 65.5 Å². The van der Waals surface area contributed by atoms with Crippen LogP contribution in [0.25, 0.3) is 33.4 Å². The van der Waals surface area contributed by atoms with Crippen LogP contribution in [-0.2, 0) is 0 Å². The van der Waals surface area contributed by atoms with Gasteiger partial charge in [-0.3, -0.25) is 0 Å². The molecule has 0 spiro atoms. The molecule has 118 valence electrons. The van der Waals surface area contributed by atoms with Crippen LogP contribution in [0.3, 0.4) is 0 Å². The van der Waals surface area contributed by atoms with Gasteiger partial charge in [0.15, 0.2) is 0 Å². The lowest BCUT2D eigenvalue weighted by atomic mass is 10.0. The number of fused-ring (bicyclic) bond motifs is 1. The number of rotatable bonds is 3. The lowest BCUT2D eigenvalue weighted by Gasteiger charge is -2.10. The van der Waals surface area contributed by atoms with Crippen LogP contribution < -0.4 is 0 Å². The molecule has 0 aliphatic carbocycles. The number of benzene rings is 2. The highest BCUT2D eigenvalue weighted by atomic mass is 127. The summed E-state index contributed by atoms with van der Waals surface area (Å²) in [5.74, 6) is 0. The SMILES string of the molecule is Brc1ccc2c(-c3c(-c4ccccc4)cnn3PI)ncnc2c1. The highest BCUT2D eigenvalue weighted by molar-refractivity contribution is 14.2. The fourth-order valence-electron chi connectivity index (χ4n) is 2.69. The van der Waals surface area contributed by atoms with E-state index in [1.807, 2.05) is 41.0 Å². The Hall–Kier alpha value is -1.37. The lowest BCUT2D eigenvalue weighted by Crippen LogP contribution is -1.95. The Balaban J connectivity index is 2.02. The third kappa shape index (κ3) is 2.87. The molecule has 0 saturated heterocycles. The zero-order chi connectivity index (χ0) is 16.5. The molecule has 0 aliphatic rings. The first-order valence-corrected chi connectivity index (χ1v) is 12.0. The average Bonchev–Trinajstić information content (AvgIpc) is 3.05. The van der Waals surface area contributed by atoms with Gasteiger partial charge in [-0.25, -0.2) is 14.4 Å². The predicted octanol–water partition coefficient (Wildman–Crippen LogP) is 5.71. The normalized spacial score (nSPS) is 11.6. The van der Waals surface area contributed by atoms with E-state index in [1.165, 1.54) is 0 Å². The van der Waals surface area contributed by atoms with E-state index in [2.05, 4.69) is 71.2 Å². The number of aromatic nitrogens is 4. The van der Waals surface area contributed by atoms with Crippen LogP contribution in [0.1, 0.15) is 0 Å². The number of hydrogen-bond donors (Lipinski definition) is 0. The van der Waals surface area contributed by atoms with E-state index in [0.29, 0.717) is 6.37 Å². The van der Waals surface area contributed by atoms with Crippen molar-refractivity contribution in [3.8, 4) is 22.5 Å². The molecule has 0 N–H and O–H groups in total. The summed E-state index contributed by atoms with van der Waals surface area (Å²) in [5.41, 5.74) is 5.08. The summed E-state index contributed by atoms with van der Waals surface area (Å²) >= 11 is 5.85. The van der Waals surface area contributed by atoms with Gasteiger partial charge in [0.1, 0.15) is 12.0 Å². The minimum Gasteiger partial charge on any atom is -0.236 e. The molecule has 2 aromatic carbocycles. The van der Waals surface area contributed by atoms with Gasteiger partial charge in [-0.2, -0.15) is 5.10 Å². The molecule has 1 atom stereocenters. The third-order valence-corrected chi connectivity index (χ3v) is 6.12. The largest absolute Gasteiger partial charge is 0.236 e. The smallest absolute Gasteiger partial charge is 0.116 e. The summed E-state index contributed by atoms with van der Waals surface area (Å²) in [4.78, 5) is 8.99. The van der Waals surface area contributed by atoms with E-state index in [0.717, 1.165) is 37.9 Å². The Kier molecular flexibility index (Phi) is 4.61. The lowest BCUT2D eigenvalue weighted by molar-refractivity contribution is 1.01. The topological polar surface area (TPSA) is 43.6 Å². The quantitative estimate of drug-likeness (QED) is 0.263. The van der Waals surface area contributed by atoms with E-state index in [9.17, 15) is 0 Å². The van der Waals surface area contributed by atoms with E-state index in [-0.39, 0.29) is 0 Å². The summed E-state index contributed by atoms with van der Waals surface area (Å²) in [5, 5.41) is 5.59. The molecule has 4 nitrogen and oxygen atoms in total. The number of halogens is 2. The first-order valence-electron chi connectivity index (χ1n) is 7.18. The second-order valence-corrected chi connectivity index (χ2v) is 8.11. The second-order valence-electron chi connectivity index (χ2n) is 5.15. The predicted molar refractivity (Wildman–Crippen MR) is 112 cm³/mol. The first-order chi connectivity index (χ1) is 11.8. The molecule has 7 heteroatoms. The van der Waals surface area contributed by atoms with Crippen LogP contribution >= 0.6 is 44.3 Å². The molecule has 4 aromatic rings. The van der Waals surface area contributed by atoms with Gasteiger partial charge in [0.25, 0.3) is 0 Å². The molecule has 0 fully saturated rings. The van der Waals surface area contributed by atoms with E-state index < -0.39 is 0 Å². The van der Waals surface area contributed by atoms with Crippen molar-refractivity contribution < 1.29 is 0 Å². The summed E-state index contributed by atoms with van der Waals surface area (Å²) in [6, 6.07) is 16.4. The van der Waals surface area contributed by atoms with Crippen molar-refractivity contribution in [2.75, 3.05) is 0 Å². The highest BCUT2D eigenvalue weighted by Gasteiger charge is 2.18. The fraction of sp³-hybridized carbons (Fsp3) is 0. The van der Waals surface area contributed by atoms with Crippen molar-refractivity contribution in [1.29, 1.82) is 0 Å². The molecule has 0 radical (unpaired) electrons. The van der Waals surface area contributed by atoms with E-state index >= 15 is 0 Å². The molecule has 0 saturated carbocycles. The van der Waals surface area contributed by atoms with Gasteiger partial charge in [-0.05, 0) is 45.8 Å². The standard InChI is InChI=1S/C17H11BrIN4P/c18-12-6-7-13-15(8-12)20-10-21-16(13)17-14(9-22-23(17)24-19)11-4-2-1-3-5-11/h1-10,24H. The summed E-state index contributed by atoms with van der Waals surface area (Å²) in [6.07, 6.45) is 4.03. The van der Waals surface area contributed by atoms with Crippen molar-refractivity contribution in [3.05, 3.63) is 65.5 Å². The Morgan fingerprint density at radius 3 is 2.67 bits per heavy atom. The number of hydrogen-bond acceptors (Lipinski definition) is 3. The molecule has 0 amide bonds. The van der Waals surface area contributed by atoms with Crippen LogP contribution in [0, 0.1) is 0 Å². The minimum absolute atomic E-state index is 0.495. The maximum absolute atomic E-state index is 4.59. The minimum atomic E-state index is 0.495. The Morgan fingerprint density at radius 2 is 1.88 bits per heavy atom. The monoisotopic (exact) mass is 508 g/mol. The zero-order valence-corrected chi connectivity index (χ0v) is 17.1. The van der Waals surface area contributed by atoms with Gasteiger partial charge in [0, 0.05) is 15.4 Å². The molecule has 4 rings (SSSR count). The van der Waals surface area contributed by atoms with Gasteiger partial charge in [0.2, 0.25) is 0 Å². The molecule has 24 heavy (non-hydrogen) atoms. The molecular weight excluding hydrogens is 498 g/mol. The van der Waals surface area contributed by atoms with Crippen LogP contribution in [0.2, 0.25) is 0 Å². The maximum atomic E-state index is 4.59. The fourth-order valence-corrected chi connectivity index (χ4v) is 4.55.